The van der Waals surface area contributed by atoms with Crippen molar-refractivity contribution in [2.75, 3.05) is 27.2 Å². The number of carboxylic acid groups (broad SMARTS) is 2. The van der Waals surface area contributed by atoms with Gasteiger partial charge in [0.25, 0.3) is 0 Å². The first-order valence-corrected chi connectivity index (χ1v) is 13.3. The summed E-state index contributed by atoms with van der Waals surface area (Å²) in [5.74, 6) is -1.73. The van der Waals surface area contributed by atoms with Crippen LogP contribution in [-0.4, -0.2) is 60.2 Å². The van der Waals surface area contributed by atoms with Crippen molar-refractivity contribution in [3.05, 3.63) is 113 Å². The zero-order valence-electron chi connectivity index (χ0n) is 23.1. The fraction of sp³-hybridized carbons (Fsp3) is 0.258. The third-order valence-corrected chi connectivity index (χ3v) is 5.85. The third kappa shape index (κ3) is 14.1. The molecule has 0 aliphatic rings. The van der Waals surface area contributed by atoms with Crippen LogP contribution in [0.3, 0.4) is 0 Å². The Morgan fingerprint density at radius 1 is 0.854 bits per heavy atom. The Morgan fingerprint density at radius 2 is 1.41 bits per heavy atom. The highest BCUT2D eigenvalue weighted by Crippen LogP contribution is 2.17. The molecular weight excluding hydrogens is 546 g/mol. The van der Waals surface area contributed by atoms with Gasteiger partial charge in [0.15, 0.2) is 0 Å². The molecule has 3 aromatic rings. The highest BCUT2D eigenvalue weighted by Gasteiger charge is 2.19. The van der Waals surface area contributed by atoms with Crippen molar-refractivity contribution >= 4 is 29.4 Å². The Labute approximate surface area is 245 Å². The molecule has 0 aliphatic heterocycles. The lowest BCUT2D eigenvalue weighted by atomic mass is 10.1. The molecule has 9 nitrogen and oxygen atoms in total. The molecule has 0 saturated carbocycles. The van der Waals surface area contributed by atoms with Gasteiger partial charge in [0.1, 0.15) is 11.8 Å². The summed E-state index contributed by atoms with van der Waals surface area (Å²) in [5, 5.41) is 22.7. The van der Waals surface area contributed by atoms with Gasteiger partial charge in [-0.2, -0.15) is 0 Å². The van der Waals surface area contributed by atoms with E-state index in [0.29, 0.717) is 36.9 Å². The van der Waals surface area contributed by atoms with Gasteiger partial charge in [0.2, 0.25) is 5.91 Å². The van der Waals surface area contributed by atoms with E-state index in [4.69, 9.17) is 26.6 Å². The Kier molecular flexibility index (Phi) is 14.7. The summed E-state index contributed by atoms with van der Waals surface area (Å²) in [5.41, 5.74) is 3.01. The maximum absolute atomic E-state index is 13.0. The molecule has 4 N–H and O–H groups in total. The van der Waals surface area contributed by atoms with Crippen LogP contribution >= 0.6 is 11.6 Å². The van der Waals surface area contributed by atoms with Crippen LogP contribution in [0.15, 0.2) is 91.0 Å². The molecule has 218 valence electrons. The van der Waals surface area contributed by atoms with Crippen molar-refractivity contribution in [3.63, 3.8) is 0 Å². The first-order valence-electron chi connectivity index (χ1n) is 12.9. The number of benzene rings is 3. The molecule has 0 fully saturated rings. The molecule has 0 spiro atoms. The number of amides is 1. The number of carbonyl (C=O) groups is 3. The SMILES string of the molecule is CN(C)CCCOc1ccc(CNC(C(=O)NCc2ccc(Cl)cc2)c2ccccc2)cc1.O=C(O)C=CC(=O)O. The summed E-state index contributed by atoms with van der Waals surface area (Å²) in [6.07, 6.45) is 2.10. The van der Waals surface area contributed by atoms with Crippen LogP contribution in [0.1, 0.15) is 29.2 Å². The second kappa shape index (κ2) is 18.2. The van der Waals surface area contributed by atoms with E-state index in [2.05, 4.69) is 29.6 Å². The normalized spacial score (nSPS) is 11.4. The van der Waals surface area contributed by atoms with Crippen molar-refractivity contribution < 1.29 is 29.3 Å². The van der Waals surface area contributed by atoms with E-state index in [9.17, 15) is 14.4 Å². The lowest BCUT2D eigenvalue weighted by molar-refractivity contribution is -0.134. The Bertz CT molecular complexity index is 1230. The van der Waals surface area contributed by atoms with Gasteiger partial charge in [-0.3, -0.25) is 10.1 Å². The zero-order valence-corrected chi connectivity index (χ0v) is 23.9. The monoisotopic (exact) mass is 581 g/mol. The smallest absolute Gasteiger partial charge is 0.328 e. The number of ether oxygens (including phenoxy) is 1. The number of carboxylic acids is 2. The molecule has 10 heteroatoms. The number of carbonyl (C=O) groups excluding carboxylic acids is 1. The fourth-order valence-corrected chi connectivity index (χ4v) is 3.66. The fourth-order valence-electron chi connectivity index (χ4n) is 3.54. The summed E-state index contributed by atoms with van der Waals surface area (Å²) in [6.45, 7) is 2.71. The van der Waals surface area contributed by atoms with Gasteiger partial charge in [-0.05, 0) is 61.5 Å². The number of hydrogen-bond donors (Lipinski definition) is 4. The summed E-state index contributed by atoms with van der Waals surface area (Å²) in [7, 11) is 4.12. The van der Waals surface area contributed by atoms with Gasteiger partial charge in [-0.15, -0.1) is 0 Å². The number of hydrogen-bond acceptors (Lipinski definition) is 6. The van der Waals surface area contributed by atoms with Crippen molar-refractivity contribution in [1.29, 1.82) is 0 Å². The van der Waals surface area contributed by atoms with E-state index in [1.807, 2.05) is 78.9 Å². The molecule has 1 amide bonds. The molecule has 1 atom stereocenters. The second-order valence-corrected chi connectivity index (χ2v) is 9.66. The molecule has 3 rings (SSSR count). The number of aliphatic carboxylic acids is 2. The van der Waals surface area contributed by atoms with Gasteiger partial charge in [-0.25, -0.2) is 9.59 Å². The first kappa shape index (κ1) is 33.0. The van der Waals surface area contributed by atoms with Crippen LogP contribution < -0.4 is 15.4 Å². The molecule has 0 heterocycles. The number of nitrogens with one attached hydrogen (secondary N) is 2. The number of nitrogens with zero attached hydrogens (tertiary/aromatic N) is 1. The maximum Gasteiger partial charge on any atom is 0.328 e. The second-order valence-electron chi connectivity index (χ2n) is 9.23. The summed E-state index contributed by atoms with van der Waals surface area (Å²) in [4.78, 5) is 34.3. The standard InChI is InChI=1S/C27H32ClN3O2.C4H4O4/c1-31(2)17-6-18-33-25-15-11-22(12-16-25)19-29-26(23-7-4-3-5-8-23)27(32)30-20-21-9-13-24(28)14-10-21;5-3(6)1-2-4(7)8/h3-5,7-16,26,29H,6,17-20H2,1-2H3,(H,30,32);1-2H,(H,5,6)(H,7,8). The molecular formula is C31H36ClN3O6. The predicted molar refractivity (Wildman–Crippen MR) is 159 cm³/mol. The first-order chi connectivity index (χ1) is 19.6. The molecule has 1 unspecified atom stereocenters. The summed E-state index contributed by atoms with van der Waals surface area (Å²) in [6, 6.07) is 24.8. The Hall–Kier alpha value is -4.18. The van der Waals surface area contributed by atoms with E-state index in [-0.39, 0.29) is 5.91 Å². The lowest BCUT2D eigenvalue weighted by Gasteiger charge is -2.19. The van der Waals surface area contributed by atoms with Crippen LogP contribution in [0.2, 0.25) is 5.02 Å². The zero-order chi connectivity index (χ0) is 30.0. The van der Waals surface area contributed by atoms with Crippen molar-refractivity contribution in [1.82, 2.24) is 15.5 Å². The van der Waals surface area contributed by atoms with Crippen molar-refractivity contribution in [2.24, 2.45) is 0 Å². The van der Waals surface area contributed by atoms with E-state index in [1.165, 1.54) is 0 Å². The van der Waals surface area contributed by atoms with E-state index in [0.717, 1.165) is 35.4 Å². The lowest BCUT2D eigenvalue weighted by Crippen LogP contribution is -2.37. The molecule has 0 saturated heterocycles. The van der Waals surface area contributed by atoms with Gasteiger partial charge >= 0.3 is 11.9 Å². The Balaban J connectivity index is 0.000000642. The van der Waals surface area contributed by atoms with E-state index in [1.54, 1.807) is 0 Å². The Morgan fingerprint density at radius 3 is 1.98 bits per heavy atom. The molecule has 0 aliphatic carbocycles. The topological polar surface area (TPSA) is 128 Å². The van der Waals surface area contributed by atoms with Gasteiger partial charge < -0.3 is 25.2 Å². The third-order valence-electron chi connectivity index (χ3n) is 5.60. The minimum atomic E-state index is -1.26. The highest BCUT2D eigenvalue weighted by atomic mass is 35.5. The van der Waals surface area contributed by atoms with Gasteiger partial charge in [0.05, 0.1) is 6.61 Å². The quantitative estimate of drug-likeness (QED) is 0.161. The number of halogens is 1. The molecule has 0 bridgehead atoms. The van der Waals surface area contributed by atoms with Gasteiger partial charge in [-0.1, -0.05) is 66.2 Å². The predicted octanol–water partition coefficient (Wildman–Crippen LogP) is 4.53. The summed E-state index contributed by atoms with van der Waals surface area (Å²) < 4.78 is 5.81. The van der Waals surface area contributed by atoms with Crippen LogP contribution in [0.5, 0.6) is 5.75 Å². The highest BCUT2D eigenvalue weighted by molar-refractivity contribution is 6.30. The number of rotatable bonds is 14. The average Bonchev–Trinajstić information content (AvgIpc) is 2.95. The van der Waals surface area contributed by atoms with E-state index >= 15 is 0 Å². The molecule has 0 aromatic heterocycles. The van der Waals surface area contributed by atoms with Crippen LogP contribution in [0, 0.1) is 0 Å². The van der Waals surface area contributed by atoms with Gasteiger partial charge in [0, 0.05) is 36.8 Å². The van der Waals surface area contributed by atoms with Crippen molar-refractivity contribution in [2.45, 2.75) is 25.6 Å². The van der Waals surface area contributed by atoms with E-state index < -0.39 is 18.0 Å². The maximum atomic E-state index is 13.0. The average molecular weight is 582 g/mol. The minimum Gasteiger partial charge on any atom is -0.494 e. The minimum absolute atomic E-state index is 0.0722. The molecule has 41 heavy (non-hydrogen) atoms. The molecule has 3 aromatic carbocycles. The summed E-state index contributed by atoms with van der Waals surface area (Å²) >= 11 is 5.95. The van der Waals surface area contributed by atoms with Crippen LogP contribution in [0.25, 0.3) is 0 Å². The van der Waals surface area contributed by atoms with Crippen LogP contribution in [-0.2, 0) is 27.5 Å². The largest absolute Gasteiger partial charge is 0.494 e. The molecule has 0 radical (unpaired) electrons. The van der Waals surface area contributed by atoms with Crippen molar-refractivity contribution in [3.8, 4) is 5.75 Å². The van der Waals surface area contributed by atoms with Crippen LogP contribution in [0.4, 0.5) is 0 Å².